The van der Waals surface area contributed by atoms with E-state index in [0.717, 1.165) is 6.42 Å². The van der Waals surface area contributed by atoms with E-state index in [-0.39, 0.29) is 6.61 Å². The predicted octanol–water partition coefficient (Wildman–Crippen LogP) is 4.09. The van der Waals surface area contributed by atoms with E-state index >= 15 is 0 Å². The average Bonchev–Trinajstić information content (AvgIpc) is 2.66. The van der Waals surface area contributed by atoms with Crippen molar-refractivity contribution in [3.05, 3.63) is 63.6 Å². The molecule has 0 aliphatic rings. The van der Waals surface area contributed by atoms with Gasteiger partial charge in [-0.15, -0.1) is 0 Å². The van der Waals surface area contributed by atoms with Gasteiger partial charge in [0.15, 0.2) is 6.61 Å². The Morgan fingerprint density at radius 2 is 1.89 bits per heavy atom. The highest BCUT2D eigenvalue weighted by Crippen LogP contribution is 2.19. The molecule has 0 radical (unpaired) electrons. The number of hydrogen-bond acceptors (Lipinski definition) is 5. The van der Waals surface area contributed by atoms with Crippen LogP contribution in [-0.2, 0) is 9.53 Å². The molecule has 0 fully saturated rings. The molecular weight excluding hydrogens is 391 g/mol. The van der Waals surface area contributed by atoms with Crippen LogP contribution in [0.2, 0.25) is 10.0 Å². The van der Waals surface area contributed by atoms with Gasteiger partial charge in [-0.2, -0.15) is 5.10 Å². The average molecular weight is 409 g/mol. The number of hydrogen-bond donors (Lipinski definition) is 1. The zero-order valence-electron chi connectivity index (χ0n) is 14.6. The third-order valence-corrected chi connectivity index (χ3v) is 3.82. The minimum absolute atomic E-state index is 0.231. The van der Waals surface area contributed by atoms with Crippen molar-refractivity contribution >= 4 is 41.3 Å². The van der Waals surface area contributed by atoms with E-state index in [1.54, 1.807) is 42.5 Å². The zero-order valence-corrected chi connectivity index (χ0v) is 16.1. The highest BCUT2D eigenvalue weighted by molar-refractivity contribution is 6.36. The van der Waals surface area contributed by atoms with Crippen molar-refractivity contribution in [3.63, 3.8) is 0 Å². The number of halogens is 2. The van der Waals surface area contributed by atoms with Crippen LogP contribution in [0.1, 0.15) is 29.3 Å². The summed E-state index contributed by atoms with van der Waals surface area (Å²) in [5, 5.41) is 4.76. The summed E-state index contributed by atoms with van der Waals surface area (Å²) in [5.74, 6) is -0.388. The van der Waals surface area contributed by atoms with Gasteiger partial charge < -0.3 is 9.47 Å². The molecule has 8 heteroatoms. The number of esters is 1. The van der Waals surface area contributed by atoms with Crippen molar-refractivity contribution < 1.29 is 19.1 Å². The van der Waals surface area contributed by atoms with E-state index in [0.29, 0.717) is 33.5 Å². The molecule has 2 rings (SSSR count). The molecule has 0 aliphatic heterocycles. The lowest BCUT2D eigenvalue weighted by Crippen LogP contribution is -2.24. The normalized spacial score (nSPS) is 10.6. The van der Waals surface area contributed by atoms with Crippen molar-refractivity contribution in [2.75, 3.05) is 13.2 Å². The molecule has 0 aromatic heterocycles. The first kappa shape index (κ1) is 20.7. The first-order chi connectivity index (χ1) is 13.0. The first-order valence-electron chi connectivity index (χ1n) is 8.16. The zero-order chi connectivity index (χ0) is 19.6. The van der Waals surface area contributed by atoms with E-state index in [9.17, 15) is 9.59 Å². The Labute approximate surface area is 167 Å². The van der Waals surface area contributed by atoms with Crippen LogP contribution in [0.5, 0.6) is 5.75 Å². The monoisotopic (exact) mass is 408 g/mol. The highest BCUT2D eigenvalue weighted by atomic mass is 35.5. The van der Waals surface area contributed by atoms with E-state index < -0.39 is 11.9 Å². The van der Waals surface area contributed by atoms with Gasteiger partial charge in [0.05, 0.1) is 23.4 Å². The number of carbonyl (C=O) groups is 2. The molecule has 0 heterocycles. The molecule has 27 heavy (non-hydrogen) atoms. The molecule has 1 amide bonds. The van der Waals surface area contributed by atoms with Crippen LogP contribution in [0.3, 0.4) is 0 Å². The van der Waals surface area contributed by atoms with Crippen LogP contribution in [-0.4, -0.2) is 31.3 Å². The molecule has 2 aromatic rings. The Kier molecular flexibility index (Phi) is 8.10. The maximum atomic E-state index is 11.8. The summed E-state index contributed by atoms with van der Waals surface area (Å²) in [6.45, 7) is 2.06. The van der Waals surface area contributed by atoms with Gasteiger partial charge >= 0.3 is 5.97 Å². The first-order valence-corrected chi connectivity index (χ1v) is 8.92. The molecule has 0 saturated heterocycles. The summed E-state index contributed by atoms with van der Waals surface area (Å²) in [5.41, 5.74) is 3.38. The fraction of sp³-hybridized carbons (Fsp3) is 0.211. The van der Waals surface area contributed by atoms with E-state index in [2.05, 4.69) is 10.5 Å². The topological polar surface area (TPSA) is 77.0 Å². The second-order valence-electron chi connectivity index (χ2n) is 5.41. The second-order valence-corrected chi connectivity index (χ2v) is 6.25. The fourth-order valence-electron chi connectivity index (χ4n) is 1.93. The molecule has 0 aliphatic carbocycles. The minimum Gasteiger partial charge on any atom is -0.484 e. The smallest absolute Gasteiger partial charge is 0.338 e. The van der Waals surface area contributed by atoms with E-state index in [1.807, 2.05) is 6.92 Å². The Balaban J connectivity index is 1.79. The van der Waals surface area contributed by atoms with Crippen LogP contribution in [0.4, 0.5) is 0 Å². The maximum Gasteiger partial charge on any atom is 0.338 e. The van der Waals surface area contributed by atoms with Gasteiger partial charge in [0.2, 0.25) is 0 Å². The summed E-state index contributed by atoms with van der Waals surface area (Å²) in [7, 11) is 0. The van der Waals surface area contributed by atoms with Gasteiger partial charge in [0.25, 0.3) is 5.91 Å². The number of benzene rings is 2. The molecule has 0 atom stereocenters. The van der Waals surface area contributed by atoms with Gasteiger partial charge in [-0.1, -0.05) is 36.2 Å². The molecule has 6 nitrogen and oxygen atoms in total. The number of ether oxygens (including phenoxy) is 2. The van der Waals surface area contributed by atoms with E-state index in [4.69, 9.17) is 32.7 Å². The Morgan fingerprint density at radius 3 is 2.56 bits per heavy atom. The Hall–Kier alpha value is -2.57. The number of hydrazone groups is 1. The quantitative estimate of drug-likeness (QED) is 0.405. The van der Waals surface area contributed by atoms with E-state index in [1.165, 1.54) is 6.21 Å². The highest BCUT2D eigenvalue weighted by Gasteiger charge is 2.07. The van der Waals surface area contributed by atoms with Gasteiger partial charge in [0, 0.05) is 10.6 Å². The largest absolute Gasteiger partial charge is 0.484 e. The van der Waals surface area contributed by atoms with Crippen LogP contribution in [0.25, 0.3) is 0 Å². The molecule has 1 N–H and O–H groups in total. The molecule has 142 valence electrons. The summed E-state index contributed by atoms with van der Waals surface area (Å²) >= 11 is 11.8. The molecule has 0 saturated carbocycles. The van der Waals surface area contributed by atoms with Crippen molar-refractivity contribution in [2.24, 2.45) is 5.10 Å². The molecule has 2 aromatic carbocycles. The maximum absolute atomic E-state index is 11.8. The number of carbonyl (C=O) groups excluding carboxylic acids is 2. The summed E-state index contributed by atoms with van der Waals surface area (Å²) in [6, 6.07) is 11.3. The van der Waals surface area contributed by atoms with Crippen LogP contribution < -0.4 is 10.2 Å². The number of nitrogens with one attached hydrogen (secondary N) is 1. The lowest BCUT2D eigenvalue weighted by molar-refractivity contribution is -0.123. The van der Waals surface area contributed by atoms with Gasteiger partial charge in [-0.25, -0.2) is 10.2 Å². The molecule has 0 spiro atoms. The number of rotatable bonds is 8. The third kappa shape index (κ3) is 6.92. The standard InChI is InChI=1S/C19H18Cl2N2O4/c1-2-9-26-19(25)13-4-7-16(8-5-13)27-12-18(24)23-22-11-14-3-6-15(20)10-17(14)21/h3-8,10-11H,2,9,12H2,1H3,(H,23,24)/b22-11+. The Morgan fingerprint density at radius 1 is 1.15 bits per heavy atom. The van der Waals surface area contributed by atoms with Crippen LogP contribution in [0, 0.1) is 0 Å². The Bertz CT molecular complexity index is 823. The SMILES string of the molecule is CCCOC(=O)c1ccc(OCC(=O)N/N=C/c2ccc(Cl)cc2Cl)cc1. The summed E-state index contributed by atoms with van der Waals surface area (Å²) in [4.78, 5) is 23.5. The minimum atomic E-state index is -0.442. The number of amides is 1. The molecule has 0 bridgehead atoms. The van der Waals surface area contributed by atoms with Crippen molar-refractivity contribution in [1.82, 2.24) is 5.43 Å². The van der Waals surface area contributed by atoms with Crippen molar-refractivity contribution in [3.8, 4) is 5.75 Å². The second kappa shape index (κ2) is 10.5. The summed E-state index contributed by atoms with van der Waals surface area (Å²) in [6.07, 6.45) is 2.17. The predicted molar refractivity (Wildman–Crippen MR) is 105 cm³/mol. The third-order valence-electron chi connectivity index (χ3n) is 3.25. The number of nitrogens with zero attached hydrogens (tertiary/aromatic N) is 1. The van der Waals surface area contributed by atoms with Crippen molar-refractivity contribution in [1.29, 1.82) is 0 Å². The van der Waals surface area contributed by atoms with Gasteiger partial charge in [-0.05, 0) is 42.8 Å². The van der Waals surface area contributed by atoms with Crippen LogP contribution in [0.15, 0.2) is 47.6 Å². The van der Waals surface area contributed by atoms with Crippen LogP contribution >= 0.6 is 23.2 Å². The molecular formula is C19H18Cl2N2O4. The fourth-order valence-corrected chi connectivity index (χ4v) is 2.38. The lowest BCUT2D eigenvalue weighted by atomic mass is 10.2. The van der Waals surface area contributed by atoms with Gasteiger partial charge in [0.1, 0.15) is 5.75 Å². The lowest BCUT2D eigenvalue weighted by Gasteiger charge is -2.06. The van der Waals surface area contributed by atoms with Crippen molar-refractivity contribution in [2.45, 2.75) is 13.3 Å². The summed E-state index contributed by atoms with van der Waals surface area (Å²) < 4.78 is 10.4. The molecule has 0 unspecified atom stereocenters. The van der Waals surface area contributed by atoms with Gasteiger partial charge in [-0.3, -0.25) is 4.79 Å².